The van der Waals surface area contributed by atoms with Crippen LogP contribution in [-0.4, -0.2) is 54.2 Å². The molecular weight excluding hydrogens is 224 g/mol. The average Bonchev–Trinajstić information content (AvgIpc) is 2.31. The van der Waals surface area contributed by atoms with Crippen molar-refractivity contribution in [2.45, 2.75) is 32.7 Å². The normalized spacial score (nSPS) is 12.2. The summed E-state index contributed by atoms with van der Waals surface area (Å²) in [6.45, 7) is 5.86. The molecule has 0 radical (unpaired) electrons. The van der Waals surface area contributed by atoms with Crippen molar-refractivity contribution in [1.29, 1.82) is 0 Å². The predicted molar refractivity (Wildman–Crippen MR) is 63.6 cm³/mol. The first-order chi connectivity index (χ1) is 8.02. The van der Waals surface area contributed by atoms with E-state index in [2.05, 4.69) is 0 Å². The largest absolute Gasteiger partial charge is 0.481 e. The number of hydrogen-bond acceptors (Lipinski definition) is 4. The summed E-state index contributed by atoms with van der Waals surface area (Å²) < 4.78 is 5.17. The summed E-state index contributed by atoms with van der Waals surface area (Å²) in [7, 11) is 0. The summed E-state index contributed by atoms with van der Waals surface area (Å²) in [5.41, 5.74) is 5.65. The predicted octanol–water partition coefficient (Wildman–Crippen LogP) is 0.0635. The summed E-state index contributed by atoms with van der Waals surface area (Å²) in [5, 5.41) is 8.51. The van der Waals surface area contributed by atoms with E-state index in [1.54, 1.807) is 4.90 Å². The fraction of sp³-hybridized carbons (Fsp3) is 0.818. The van der Waals surface area contributed by atoms with Gasteiger partial charge in [0.05, 0.1) is 12.6 Å². The van der Waals surface area contributed by atoms with E-state index in [0.717, 1.165) is 0 Å². The van der Waals surface area contributed by atoms with Crippen LogP contribution in [0.5, 0.6) is 0 Å². The number of aliphatic carboxylic acids is 1. The Bertz CT molecular complexity index is 246. The van der Waals surface area contributed by atoms with Crippen LogP contribution in [0, 0.1) is 0 Å². The Balaban J connectivity index is 4.08. The number of carbonyl (C=O) groups is 2. The molecule has 6 nitrogen and oxygen atoms in total. The van der Waals surface area contributed by atoms with Gasteiger partial charge in [0.1, 0.15) is 0 Å². The fourth-order valence-electron chi connectivity index (χ4n) is 1.38. The van der Waals surface area contributed by atoms with Crippen molar-refractivity contribution < 1.29 is 19.4 Å². The zero-order valence-corrected chi connectivity index (χ0v) is 10.5. The standard InChI is InChI=1S/C11H22N2O4/c1-3-13(7-8-17-4-2)11(16)9(12)5-6-10(14)15/h9H,3-8,12H2,1-2H3,(H,14,15). The molecule has 0 bridgehead atoms. The van der Waals surface area contributed by atoms with Gasteiger partial charge in [-0.2, -0.15) is 0 Å². The van der Waals surface area contributed by atoms with Crippen LogP contribution in [0.4, 0.5) is 0 Å². The first-order valence-electron chi connectivity index (χ1n) is 5.86. The number of hydrogen-bond donors (Lipinski definition) is 2. The van der Waals surface area contributed by atoms with Crippen LogP contribution in [0.1, 0.15) is 26.7 Å². The molecule has 0 rings (SSSR count). The van der Waals surface area contributed by atoms with Gasteiger partial charge in [-0.25, -0.2) is 0 Å². The van der Waals surface area contributed by atoms with E-state index < -0.39 is 12.0 Å². The van der Waals surface area contributed by atoms with E-state index >= 15 is 0 Å². The Labute approximate surface area is 102 Å². The van der Waals surface area contributed by atoms with Crippen LogP contribution in [0.25, 0.3) is 0 Å². The molecule has 0 aliphatic rings. The van der Waals surface area contributed by atoms with Crippen LogP contribution >= 0.6 is 0 Å². The van der Waals surface area contributed by atoms with Gasteiger partial charge in [0.25, 0.3) is 0 Å². The molecule has 17 heavy (non-hydrogen) atoms. The van der Waals surface area contributed by atoms with Gasteiger partial charge in [-0.05, 0) is 20.3 Å². The molecule has 0 aromatic carbocycles. The highest BCUT2D eigenvalue weighted by Gasteiger charge is 2.20. The van der Waals surface area contributed by atoms with Crippen LogP contribution in [0.3, 0.4) is 0 Å². The second kappa shape index (κ2) is 8.95. The third kappa shape index (κ3) is 6.91. The Hall–Kier alpha value is -1.14. The maximum atomic E-state index is 11.8. The minimum Gasteiger partial charge on any atom is -0.481 e. The lowest BCUT2D eigenvalue weighted by molar-refractivity contribution is -0.137. The van der Waals surface area contributed by atoms with E-state index in [1.807, 2.05) is 13.8 Å². The molecule has 1 amide bonds. The van der Waals surface area contributed by atoms with Crippen molar-refractivity contribution >= 4 is 11.9 Å². The topological polar surface area (TPSA) is 92.9 Å². The molecule has 3 N–H and O–H groups in total. The number of rotatable bonds is 9. The molecule has 0 aromatic rings. The Kier molecular flexibility index (Phi) is 8.35. The van der Waals surface area contributed by atoms with Crippen molar-refractivity contribution in [3.8, 4) is 0 Å². The van der Waals surface area contributed by atoms with Gasteiger partial charge in [-0.3, -0.25) is 9.59 Å². The zero-order chi connectivity index (χ0) is 13.3. The van der Waals surface area contributed by atoms with Gasteiger partial charge in [-0.15, -0.1) is 0 Å². The van der Waals surface area contributed by atoms with E-state index in [4.69, 9.17) is 15.6 Å². The lowest BCUT2D eigenvalue weighted by atomic mass is 10.1. The van der Waals surface area contributed by atoms with Gasteiger partial charge in [0, 0.05) is 26.1 Å². The molecule has 0 fully saturated rings. The minimum absolute atomic E-state index is 0.0874. The second-order valence-electron chi connectivity index (χ2n) is 3.65. The van der Waals surface area contributed by atoms with Gasteiger partial charge in [-0.1, -0.05) is 0 Å². The molecule has 0 aliphatic carbocycles. The van der Waals surface area contributed by atoms with E-state index in [1.165, 1.54) is 0 Å². The third-order valence-electron chi connectivity index (χ3n) is 2.39. The minimum atomic E-state index is -0.939. The Morgan fingerprint density at radius 2 is 2.06 bits per heavy atom. The molecule has 0 spiro atoms. The monoisotopic (exact) mass is 246 g/mol. The number of ether oxygens (including phenoxy) is 1. The highest BCUT2D eigenvalue weighted by molar-refractivity contribution is 5.82. The maximum absolute atomic E-state index is 11.8. The van der Waals surface area contributed by atoms with Crippen LogP contribution in [-0.2, 0) is 14.3 Å². The lowest BCUT2D eigenvalue weighted by Gasteiger charge is -2.23. The number of carbonyl (C=O) groups excluding carboxylic acids is 1. The Morgan fingerprint density at radius 1 is 1.41 bits per heavy atom. The van der Waals surface area contributed by atoms with Crippen LogP contribution in [0.15, 0.2) is 0 Å². The maximum Gasteiger partial charge on any atom is 0.303 e. The van der Waals surface area contributed by atoms with Gasteiger partial charge < -0.3 is 20.5 Å². The first kappa shape index (κ1) is 15.9. The van der Waals surface area contributed by atoms with E-state index in [0.29, 0.717) is 26.3 Å². The summed E-state index contributed by atoms with van der Waals surface area (Å²) in [4.78, 5) is 23.8. The van der Waals surface area contributed by atoms with Crippen molar-refractivity contribution in [2.24, 2.45) is 5.73 Å². The van der Waals surface area contributed by atoms with Gasteiger partial charge in [0.15, 0.2) is 0 Å². The third-order valence-corrected chi connectivity index (χ3v) is 2.39. The number of nitrogens with two attached hydrogens (primary N) is 1. The van der Waals surface area contributed by atoms with Crippen LogP contribution < -0.4 is 5.73 Å². The molecule has 100 valence electrons. The van der Waals surface area contributed by atoms with E-state index in [-0.39, 0.29) is 18.7 Å². The van der Waals surface area contributed by atoms with Crippen molar-refractivity contribution in [3.05, 3.63) is 0 Å². The smallest absolute Gasteiger partial charge is 0.303 e. The summed E-state index contributed by atoms with van der Waals surface area (Å²) >= 11 is 0. The summed E-state index contributed by atoms with van der Waals surface area (Å²) in [6.07, 6.45) is 0.0786. The fourth-order valence-corrected chi connectivity index (χ4v) is 1.38. The Morgan fingerprint density at radius 3 is 2.53 bits per heavy atom. The SMILES string of the molecule is CCOCCN(CC)C(=O)C(N)CCC(=O)O. The number of carboxylic acids is 1. The second-order valence-corrected chi connectivity index (χ2v) is 3.65. The molecule has 0 aromatic heterocycles. The number of nitrogens with zero attached hydrogens (tertiary/aromatic N) is 1. The van der Waals surface area contributed by atoms with Crippen molar-refractivity contribution in [3.63, 3.8) is 0 Å². The number of likely N-dealkylation sites (N-methyl/N-ethyl adjacent to an activating group) is 1. The highest BCUT2D eigenvalue weighted by Crippen LogP contribution is 2.01. The molecule has 6 heteroatoms. The molecule has 0 heterocycles. The molecule has 1 unspecified atom stereocenters. The summed E-state index contributed by atoms with van der Waals surface area (Å²) in [6, 6.07) is -0.743. The molecule has 0 saturated heterocycles. The molecule has 0 saturated carbocycles. The first-order valence-corrected chi connectivity index (χ1v) is 5.86. The lowest BCUT2D eigenvalue weighted by Crippen LogP contribution is -2.45. The number of amides is 1. The van der Waals surface area contributed by atoms with Crippen molar-refractivity contribution in [1.82, 2.24) is 4.90 Å². The molecular formula is C11H22N2O4. The average molecular weight is 246 g/mol. The molecule has 1 atom stereocenters. The quantitative estimate of drug-likeness (QED) is 0.561. The summed E-state index contributed by atoms with van der Waals surface area (Å²) in [5.74, 6) is -1.15. The zero-order valence-electron chi connectivity index (χ0n) is 10.5. The van der Waals surface area contributed by atoms with E-state index in [9.17, 15) is 9.59 Å². The number of carboxylic acid groups (broad SMARTS) is 1. The van der Waals surface area contributed by atoms with Gasteiger partial charge in [0.2, 0.25) is 5.91 Å². The van der Waals surface area contributed by atoms with Gasteiger partial charge >= 0.3 is 5.97 Å². The highest BCUT2D eigenvalue weighted by atomic mass is 16.5. The van der Waals surface area contributed by atoms with Crippen LogP contribution in [0.2, 0.25) is 0 Å². The van der Waals surface area contributed by atoms with Crippen molar-refractivity contribution in [2.75, 3.05) is 26.3 Å². The molecule has 0 aliphatic heterocycles.